The largest absolute Gasteiger partial charge is 0.395 e. The average Bonchev–Trinajstić information content (AvgIpc) is 2.55. The molecule has 0 aromatic heterocycles. The van der Waals surface area contributed by atoms with Gasteiger partial charge in [-0.25, -0.2) is 8.42 Å². The number of aryl methyl sites for hydroxylation is 1. The Morgan fingerprint density at radius 1 is 1.17 bits per heavy atom. The van der Waals surface area contributed by atoms with E-state index < -0.39 is 14.9 Å². The zero-order valence-electron chi connectivity index (χ0n) is 13.1. The van der Waals surface area contributed by atoms with E-state index in [-0.39, 0.29) is 30.3 Å². The molecule has 2 aromatic carbocycles. The Bertz CT molecular complexity index is 822. The van der Waals surface area contributed by atoms with Gasteiger partial charge < -0.3 is 5.11 Å². The Balaban J connectivity index is 2.41. The molecule has 128 valence electrons. The van der Waals surface area contributed by atoms with Gasteiger partial charge in [0.05, 0.1) is 16.4 Å². The molecule has 24 heavy (non-hydrogen) atoms. The number of nitro groups is 1. The molecule has 0 heterocycles. The third-order valence-electron chi connectivity index (χ3n) is 3.57. The third-order valence-corrected chi connectivity index (χ3v) is 5.41. The van der Waals surface area contributed by atoms with Crippen molar-refractivity contribution in [2.45, 2.75) is 18.4 Å². The summed E-state index contributed by atoms with van der Waals surface area (Å²) < 4.78 is 26.7. The Labute approximate surface area is 140 Å². The lowest BCUT2D eigenvalue weighted by Gasteiger charge is -2.21. The maximum Gasteiger partial charge on any atom is 0.273 e. The minimum Gasteiger partial charge on any atom is -0.395 e. The van der Waals surface area contributed by atoms with Crippen molar-refractivity contribution in [2.75, 3.05) is 13.2 Å². The highest BCUT2D eigenvalue weighted by molar-refractivity contribution is 7.89. The molecule has 0 bridgehead atoms. The van der Waals surface area contributed by atoms with E-state index in [1.807, 2.05) is 6.07 Å². The molecule has 0 fully saturated rings. The third kappa shape index (κ3) is 3.97. The first kappa shape index (κ1) is 18.1. The van der Waals surface area contributed by atoms with Crippen molar-refractivity contribution in [3.05, 3.63) is 69.8 Å². The van der Waals surface area contributed by atoms with Crippen LogP contribution in [-0.2, 0) is 16.6 Å². The van der Waals surface area contributed by atoms with Crippen LogP contribution in [0, 0.1) is 17.0 Å². The van der Waals surface area contributed by atoms with Crippen LogP contribution >= 0.6 is 0 Å². The highest BCUT2D eigenvalue weighted by atomic mass is 32.2. The molecule has 0 atom stereocenters. The smallest absolute Gasteiger partial charge is 0.273 e. The van der Waals surface area contributed by atoms with Crippen molar-refractivity contribution in [3.63, 3.8) is 0 Å². The highest BCUT2D eigenvalue weighted by Gasteiger charge is 2.26. The average molecular weight is 350 g/mol. The van der Waals surface area contributed by atoms with Crippen molar-refractivity contribution in [1.82, 2.24) is 4.31 Å². The Morgan fingerprint density at radius 2 is 1.83 bits per heavy atom. The normalized spacial score (nSPS) is 11.6. The van der Waals surface area contributed by atoms with Crippen molar-refractivity contribution in [1.29, 1.82) is 0 Å². The molecular weight excluding hydrogens is 332 g/mol. The number of hydrogen-bond acceptors (Lipinski definition) is 5. The van der Waals surface area contributed by atoms with E-state index >= 15 is 0 Å². The van der Waals surface area contributed by atoms with Gasteiger partial charge in [0.1, 0.15) is 0 Å². The van der Waals surface area contributed by atoms with Crippen molar-refractivity contribution in [2.24, 2.45) is 0 Å². The van der Waals surface area contributed by atoms with Crippen LogP contribution in [-0.4, -0.2) is 35.9 Å². The maximum atomic E-state index is 12.8. The summed E-state index contributed by atoms with van der Waals surface area (Å²) >= 11 is 0. The second-order valence-electron chi connectivity index (χ2n) is 5.25. The van der Waals surface area contributed by atoms with Gasteiger partial charge in [-0.3, -0.25) is 10.1 Å². The number of nitrogens with zero attached hydrogens (tertiary/aromatic N) is 2. The van der Waals surface area contributed by atoms with Gasteiger partial charge in [-0.15, -0.1) is 0 Å². The molecular formula is C16H18N2O5S. The lowest BCUT2D eigenvalue weighted by molar-refractivity contribution is -0.385. The maximum absolute atomic E-state index is 12.8. The molecule has 0 aliphatic carbocycles. The zero-order chi connectivity index (χ0) is 17.7. The molecule has 0 unspecified atom stereocenters. The fourth-order valence-electron chi connectivity index (χ4n) is 2.28. The van der Waals surface area contributed by atoms with Crippen LogP contribution in [0.5, 0.6) is 0 Å². The molecule has 8 heteroatoms. The number of sulfonamides is 1. The van der Waals surface area contributed by atoms with E-state index in [9.17, 15) is 23.6 Å². The second kappa shape index (κ2) is 7.52. The van der Waals surface area contributed by atoms with E-state index in [0.717, 1.165) is 15.9 Å². The summed E-state index contributed by atoms with van der Waals surface area (Å²) in [6.45, 7) is 1.17. The SMILES string of the molecule is Cc1ccc(S(=O)(=O)N(CCO)Cc2ccccc2)cc1[N+](=O)[O-]. The predicted octanol–water partition coefficient (Wildman–Crippen LogP) is 2.09. The standard InChI is InChI=1S/C16H18N2O5S/c1-13-7-8-15(11-16(13)18(20)21)24(22,23)17(9-10-19)12-14-5-3-2-4-6-14/h2-8,11,19H,9-10,12H2,1H3. The van der Waals surface area contributed by atoms with Crippen molar-refractivity contribution in [3.8, 4) is 0 Å². The zero-order valence-corrected chi connectivity index (χ0v) is 13.9. The second-order valence-corrected chi connectivity index (χ2v) is 7.19. The number of aliphatic hydroxyl groups excluding tert-OH is 1. The summed E-state index contributed by atoms with van der Waals surface area (Å²) in [6.07, 6.45) is 0. The molecule has 0 saturated heterocycles. The Hall–Kier alpha value is -2.29. The van der Waals surface area contributed by atoms with Crippen LogP contribution in [0.3, 0.4) is 0 Å². The van der Waals surface area contributed by atoms with Crippen molar-refractivity contribution >= 4 is 15.7 Å². The molecule has 0 amide bonds. The first-order chi connectivity index (χ1) is 11.4. The van der Waals surface area contributed by atoms with Crippen LogP contribution in [0.1, 0.15) is 11.1 Å². The molecule has 2 rings (SSSR count). The van der Waals surface area contributed by atoms with Crippen LogP contribution in [0.4, 0.5) is 5.69 Å². The van der Waals surface area contributed by atoms with E-state index in [4.69, 9.17) is 0 Å². The quantitative estimate of drug-likeness (QED) is 0.609. The lowest BCUT2D eigenvalue weighted by atomic mass is 10.2. The summed E-state index contributed by atoms with van der Waals surface area (Å²) in [6, 6.07) is 12.7. The van der Waals surface area contributed by atoms with Gasteiger partial charge >= 0.3 is 0 Å². The molecule has 0 aliphatic rings. The Morgan fingerprint density at radius 3 is 2.42 bits per heavy atom. The monoisotopic (exact) mass is 350 g/mol. The molecule has 1 N–H and O–H groups in total. The number of benzene rings is 2. The first-order valence-corrected chi connectivity index (χ1v) is 8.70. The number of aliphatic hydroxyl groups is 1. The molecule has 2 aromatic rings. The van der Waals surface area contributed by atoms with Crippen LogP contribution < -0.4 is 0 Å². The first-order valence-electron chi connectivity index (χ1n) is 7.26. The molecule has 0 radical (unpaired) electrons. The molecule has 7 nitrogen and oxygen atoms in total. The molecule has 0 spiro atoms. The summed E-state index contributed by atoms with van der Waals surface area (Å²) in [5, 5.41) is 20.2. The van der Waals surface area contributed by atoms with Gasteiger partial charge in [-0.05, 0) is 18.6 Å². The number of hydrogen-bond donors (Lipinski definition) is 1. The van der Waals surface area contributed by atoms with E-state index in [1.165, 1.54) is 12.1 Å². The van der Waals surface area contributed by atoms with Gasteiger partial charge in [-0.1, -0.05) is 36.4 Å². The van der Waals surface area contributed by atoms with Gasteiger partial charge in [0, 0.05) is 24.7 Å². The van der Waals surface area contributed by atoms with Gasteiger partial charge in [0.25, 0.3) is 5.69 Å². The van der Waals surface area contributed by atoms with Crippen LogP contribution in [0.15, 0.2) is 53.4 Å². The molecule has 0 saturated carbocycles. The van der Waals surface area contributed by atoms with Crippen LogP contribution in [0.2, 0.25) is 0 Å². The van der Waals surface area contributed by atoms with E-state index in [1.54, 1.807) is 31.2 Å². The minimum absolute atomic E-state index is 0.0748. The van der Waals surface area contributed by atoms with Crippen molar-refractivity contribution < 1.29 is 18.4 Å². The summed E-state index contributed by atoms with van der Waals surface area (Å²) in [4.78, 5) is 10.3. The van der Waals surface area contributed by atoms with Gasteiger partial charge in [0.15, 0.2) is 0 Å². The minimum atomic E-state index is -3.97. The summed E-state index contributed by atoms with van der Waals surface area (Å²) in [7, 11) is -3.97. The predicted molar refractivity (Wildman–Crippen MR) is 89.0 cm³/mol. The van der Waals surface area contributed by atoms with Gasteiger partial charge in [-0.2, -0.15) is 4.31 Å². The molecule has 0 aliphatic heterocycles. The topological polar surface area (TPSA) is 101 Å². The lowest BCUT2D eigenvalue weighted by Crippen LogP contribution is -2.33. The highest BCUT2D eigenvalue weighted by Crippen LogP contribution is 2.25. The fourth-order valence-corrected chi connectivity index (χ4v) is 3.72. The fraction of sp³-hybridized carbons (Fsp3) is 0.250. The van der Waals surface area contributed by atoms with Crippen LogP contribution in [0.25, 0.3) is 0 Å². The van der Waals surface area contributed by atoms with Gasteiger partial charge in [0.2, 0.25) is 10.0 Å². The number of nitro benzene ring substituents is 1. The summed E-state index contributed by atoms with van der Waals surface area (Å²) in [5.41, 5.74) is 0.895. The van der Waals surface area contributed by atoms with E-state index in [0.29, 0.717) is 5.56 Å². The van der Waals surface area contributed by atoms with E-state index in [2.05, 4.69) is 0 Å². The Kier molecular flexibility index (Phi) is 5.66. The summed E-state index contributed by atoms with van der Waals surface area (Å²) in [5.74, 6) is 0. The number of rotatable bonds is 7.